The molecule has 0 unspecified atom stereocenters. The Bertz CT molecular complexity index is 642. The molecular weight excluding hydrogens is 286 g/mol. The molecule has 5 nitrogen and oxygen atoms in total. The van der Waals surface area contributed by atoms with Gasteiger partial charge in [0.15, 0.2) is 0 Å². The zero-order valence-electron chi connectivity index (χ0n) is 14.2. The second-order valence-corrected chi connectivity index (χ2v) is 6.05. The zero-order chi connectivity index (χ0) is 16.2. The van der Waals surface area contributed by atoms with Gasteiger partial charge >= 0.3 is 0 Å². The van der Waals surface area contributed by atoms with Gasteiger partial charge in [-0.3, -0.25) is 0 Å². The molecule has 1 aromatic heterocycles. The van der Waals surface area contributed by atoms with Gasteiger partial charge in [0, 0.05) is 38.1 Å². The third kappa shape index (κ3) is 3.62. The van der Waals surface area contributed by atoms with Gasteiger partial charge in [0.1, 0.15) is 5.82 Å². The highest BCUT2D eigenvalue weighted by Crippen LogP contribution is 2.23. The zero-order valence-corrected chi connectivity index (χ0v) is 14.2. The number of nitrogens with one attached hydrogen (secondary N) is 1. The van der Waals surface area contributed by atoms with Gasteiger partial charge in [-0.15, -0.1) is 0 Å². The number of likely N-dealkylation sites (N-methyl/N-ethyl adjacent to an activating group) is 1. The fraction of sp³-hybridized carbons (Fsp3) is 0.444. The quantitative estimate of drug-likeness (QED) is 0.940. The lowest BCUT2D eigenvalue weighted by atomic mass is 10.1. The van der Waals surface area contributed by atoms with Gasteiger partial charge in [0.25, 0.3) is 0 Å². The van der Waals surface area contributed by atoms with E-state index in [9.17, 15) is 0 Å². The van der Waals surface area contributed by atoms with E-state index >= 15 is 0 Å². The first-order chi connectivity index (χ1) is 11.2. The van der Waals surface area contributed by atoms with Crippen LogP contribution in [0.5, 0.6) is 0 Å². The van der Waals surface area contributed by atoms with Crippen molar-refractivity contribution in [3.8, 4) is 0 Å². The standard InChI is InChI=1S/C18H25N5/c1-4-22-10-12-23(13-11-22)16-8-9-19-18(20-16)21-17-14(2)6-5-7-15(17)3/h5-9H,4,10-13H2,1-3H3,(H,19,20,21). The molecule has 0 spiro atoms. The average molecular weight is 311 g/mol. The molecule has 1 saturated heterocycles. The average Bonchev–Trinajstić information content (AvgIpc) is 2.59. The molecule has 23 heavy (non-hydrogen) atoms. The molecule has 3 rings (SSSR count). The second-order valence-electron chi connectivity index (χ2n) is 6.05. The lowest BCUT2D eigenvalue weighted by Crippen LogP contribution is -2.46. The molecule has 0 saturated carbocycles. The van der Waals surface area contributed by atoms with Crippen LogP contribution in [-0.4, -0.2) is 47.6 Å². The molecule has 1 aliphatic rings. The largest absolute Gasteiger partial charge is 0.354 e. The molecule has 0 radical (unpaired) electrons. The van der Waals surface area contributed by atoms with Crippen LogP contribution in [0.2, 0.25) is 0 Å². The van der Waals surface area contributed by atoms with Crippen molar-refractivity contribution in [3.63, 3.8) is 0 Å². The minimum absolute atomic E-state index is 0.665. The van der Waals surface area contributed by atoms with Gasteiger partial charge in [-0.05, 0) is 37.6 Å². The summed E-state index contributed by atoms with van der Waals surface area (Å²) >= 11 is 0. The number of hydrogen-bond donors (Lipinski definition) is 1. The van der Waals surface area contributed by atoms with Gasteiger partial charge in [-0.1, -0.05) is 25.1 Å². The molecule has 122 valence electrons. The summed E-state index contributed by atoms with van der Waals surface area (Å²) in [5.74, 6) is 1.67. The molecule has 2 heterocycles. The molecule has 0 bridgehead atoms. The number of rotatable bonds is 4. The number of anilines is 3. The number of piperazine rings is 1. The molecule has 5 heteroatoms. The minimum atomic E-state index is 0.665. The predicted octanol–water partition coefficient (Wildman–Crippen LogP) is 2.98. The molecule has 0 aliphatic carbocycles. The van der Waals surface area contributed by atoms with Crippen LogP contribution >= 0.6 is 0 Å². The van der Waals surface area contributed by atoms with Crippen LogP contribution in [-0.2, 0) is 0 Å². The van der Waals surface area contributed by atoms with Gasteiger partial charge < -0.3 is 15.1 Å². The Morgan fingerprint density at radius 1 is 1.04 bits per heavy atom. The van der Waals surface area contributed by atoms with Gasteiger partial charge in [-0.25, -0.2) is 4.98 Å². The van der Waals surface area contributed by atoms with Crippen molar-refractivity contribution in [3.05, 3.63) is 41.6 Å². The summed E-state index contributed by atoms with van der Waals surface area (Å²) in [6.07, 6.45) is 1.84. The van der Waals surface area contributed by atoms with E-state index in [0.29, 0.717) is 5.95 Å². The first-order valence-corrected chi connectivity index (χ1v) is 8.31. The van der Waals surface area contributed by atoms with Gasteiger partial charge in [0.2, 0.25) is 5.95 Å². The van der Waals surface area contributed by atoms with Crippen LogP contribution < -0.4 is 10.2 Å². The Morgan fingerprint density at radius 3 is 2.39 bits per heavy atom. The molecule has 0 atom stereocenters. The van der Waals surface area contributed by atoms with Crippen LogP contribution in [0.15, 0.2) is 30.5 Å². The predicted molar refractivity (Wildman–Crippen MR) is 95.6 cm³/mol. The second kappa shape index (κ2) is 6.96. The van der Waals surface area contributed by atoms with Gasteiger partial charge in [0.05, 0.1) is 0 Å². The number of para-hydroxylation sites is 1. The van der Waals surface area contributed by atoms with Crippen molar-refractivity contribution in [1.29, 1.82) is 0 Å². The highest BCUT2D eigenvalue weighted by atomic mass is 15.3. The van der Waals surface area contributed by atoms with Crippen molar-refractivity contribution in [2.75, 3.05) is 42.9 Å². The lowest BCUT2D eigenvalue weighted by molar-refractivity contribution is 0.270. The third-order valence-electron chi connectivity index (χ3n) is 4.50. The molecule has 0 amide bonds. The van der Waals surface area contributed by atoms with E-state index in [1.54, 1.807) is 0 Å². The molecule has 1 N–H and O–H groups in total. The Balaban J connectivity index is 1.75. The molecular formula is C18H25N5. The monoisotopic (exact) mass is 311 g/mol. The molecule has 1 aromatic carbocycles. The Labute approximate surface area is 138 Å². The fourth-order valence-electron chi connectivity index (χ4n) is 3.00. The minimum Gasteiger partial charge on any atom is -0.354 e. The number of benzene rings is 1. The fourth-order valence-corrected chi connectivity index (χ4v) is 3.00. The van der Waals surface area contributed by atoms with Crippen molar-refractivity contribution >= 4 is 17.5 Å². The summed E-state index contributed by atoms with van der Waals surface area (Å²) in [4.78, 5) is 13.9. The van der Waals surface area contributed by atoms with Crippen LogP contribution in [0.1, 0.15) is 18.1 Å². The summed E-state index contributed by atoms with van der Waals surface area (Å²) in [6.45, 7) is 11.8. The van der Waals surface area contributed by atoms with E-state index in [1.807, 2.05) is 12.3 Å². The third-order valence-corrected chi connectivity index (χ3v) is 4.50. The van der Waals surface area contributed by atoms with Crippen LogP contribution in [0, 0.1) is 13.8 Å². The normalized spacial score (nSPS) is 15.7. The van der Waals surface area contributed by atoms with Crippen molar-refractivity contribution in [2.24, 2.45) is 0 Å². The van der Waals surface area contributed by atoms with Crippen LogP contribution in [0.4, 0.5) is 17.5 Å². The maximum absolute atomic E-state index is 4.71. The molecule has 2 aromatic rings. The van der Waals surface area contributed by atoms with E-state index in [4.69, 9.17) is 4.98 Å². The molecule has 1 fully saturated rings. The smallest absolute Gasteiger partial charge is 0.229 e. The van der Waals surface area contributed by atoms with Crippen LogP contribution in [0.25, 0.3) is 0 Å². The maximum Gasteiger partial charge on any atom is 0.229 e. The number of aryl methyl sites for hydroxylation is 2. The lowest BCUT2D eigenvalue weighted by Gasteiger charge is -2.34. The number of hydrogen-bond acceptors (Lipinski definition) is 5. The Kier molecular flexibility index (Phi) is 4.76. The summed E-state index contributed by atoms with van der Waals surface area (Å²) in [6, 6.07) is 8.27. The number of aromatic nitrogens is 2. The van der Waals surface area contributed by atoms with Gasteiger partial charge in [-0.2, -0.15) is 4.98 Å². The Hall–Kier alpha value is -2.14. The van der Waals surface area contributed by atoms with Crippen molar-refractivity contribution in [1.82, 2.24) is 14.9 Å². The summed E-state index contributed by atoms with van der Waals surface area (Å²) in [5, 5.41) is 3.38. The summed E-state index contributed by atoms with van der Waals surface area (Å²) in [5.41, 5.74) is 3.51. The van der Waals surface area contributed by atoms with E-state index in [0.717, 1.165) is 44.2 Å². The first-order valence-electron chi connectivity index (χ1n) is 8.31. The highest BCUT2D eigenvalue weighted by molar-refractivity contribution is 5.63. The van der Waals surface area contributed by atoms with E-state index < -0.39 is 0 Å². The van der Waals surface area contributed by atoms with Crippen molar-refractivity contribution < 1.29 is 0 Å². The maximum atomic E-state index is 4.71. The van der Waals surface area contributed by atoms with E-state index in [-0.39, 0.29) is 0 Å². The SMILES string of the molecule is CCN1CCN(c2ccnc(Nc3c(C)cccc3C)n2)CC1. The first kappa shape index (κ1) is 15.7. The summed E-state index contributed by atoms with van der Waals surface area (Å²) in [7, 11) is 0. The van der Waals surface area contributed by atoms with Crippen molar-refractivity contribution in [2.45, 2.75) is 20.8 Å². The van der Waals surface area contributed by atoms with Crippen LogP contribution in [0.3, 0.4) is 0 Å². The number of nitrogens with zero attached hydrogens (tertiary/aromatic N) is 4. The Morgan fingerprint density at radius 2 is 1.74 bits per heavy atom. The topological polar surface area (TPSA) is 44.3 Å². The molecule has 1 aliphatic heterocycles. The van der Waals surface area contributed by atoms with E-state index in [2.05, 4.69) is 59.1 Å². The summed E-state index contributed by atoms with van der Waals surface area (Å²) < 4.78 is 0. The highest BCUT2D eigenvalue weighted by Gasteiger charge is 2.17. The van der Waals surface area contributed by atoms with E-state index in [1.165, 1.54) is 11.1 Å².